The van der Waals surface area contributed by atoms with Gasteiger partial charge in [-0.05, 0) is 29.8 Å². The van der Waals surface area contributed by atoms with Gasteiger partial charge >= 0.3 is 0 Å². The fraction of sp³-hybridized carbons (Fsp3) is 0.154. The zero-order valence-corrected chi connectivity index (χ0v) is 13.7. The normalized spacial score (nSPS) is 11.4. The van der Waals surface area contributed by atoms with Crippen molar-refractivity contribution in [3.63, 3.8) is 0 Å². The number of aromatic nitrogens is 1. The van der Waals surface area contributed by atoms with Crippen molar-refractivity contribution in [2.75, 3.05) is 6.61 Å². The van der Waals surface area contributed by atoms with E-state index >= 15 is 0 Å². The van der Waals surface area contributed by atoms with Gasteiger partial charge in [-0.1, -0.05) is 23.2 Å². The number of nitrogens with zero attached hydrogens (tertiary/aromatic N) is 1. The number of ether oxygens (including phenoxy) is 1. The van der Waals surface area contributed by atoms with Crippen LogP contribution in [0.15, 0.2) is 41.6 Å². The van der Waals surface area contributed by atoms with Crippen LogP contribution in [0.4, 0.5) is 0 Å². The second-order valence-electron chi connectivity index (χ2n) is 4.11. The maximum atomic E-state index is 11.2. The van der Waals surface area contributed by atoms with E-state index in [0.29, 0.717) is 13.0 Å². The van der Waals surface area contributed by atoms with Gasteiger partial charge in [-0.2, -0.15) is 0 Å². The first-order chi connectivity index (χ1) is 9.88. The summed E-state index contributed by atoms with van der Waals surface area (Å²) in [5.41, 5.74) is 1.05. The summed E-state index contributed by atoms with van der Waals surface area (Å²) >= 11 is 12.0. The average molecular weight is 367 g/mol. The van der Waals surface area contributed by atoms with Crippen LogP contribution >= 0.6 is 33.9 Å². The molecular formula is C13H10Cl3NO3S. The first-order valence-electron chi connectivity index (χ1n) is 5.83. The first kappa shape index (κ1) is 16.4. The lowest BCUT2D eigenvalue weighted by Gasteiger charge is -2.11. The van der Waals surface area contributed by atoms with Gasteiger partial charge in [0.25, 0.3) is 9.05 Å². The van der Waals surface area contributed by atoms with Crippen LogP contribution in [0.3, 0.4) is 0 Å². The molecule has 0 bridgehead atoms. The van der Waals surface area contributed by atoms with E-state index in [2.05, 4.69) is 4.98 Å². The van der Waals surface area contributed by atoms with Crippen molar-refractivity contribution < 1.29 is 13.2 Å². The monoisotopic (exact) mass is 365 g/mol. The third-order valence-electron chi connectivity index (χ3n) is 2.64. The van der Waals surface area contributed by atoms with E-state index in [-0.39, 0.29) is 20.7 Å². The van der Waals surface area contributed by atoms with Crippen molar-refractivity contribution in [3.05, 3.63) is 52.3 Å². The number of pyridine rings is 1. The molecule has 0 saturated carbocycles. The molecule has 21 heavy (non-hydrogen) atoms. The molecule has 0 spiro atoms. The summed E-state index contributed by atoms with van der Waals surface area (Å²) < 4.78 is 28.0. The lowest BCUT2D eigenvalue weighted by molar-refractivity contribution is 0.322. The second kappa shape index (κ2) is 6.83. The number of benzene rings is 1. The summed E-state index contributed by atoms with van der Waals surface area (Å²) in [6, 6.07) is 6.15. The van der Waals surface area contributed by atoms with Gasteiger partial charge in [-0.15, -0.1) is 0 Å². The highest BCUT2D eigenvalue weighted by Gasteiger charge is 2.16. The van der Waals surface area contributed by atoms with E-state index in [1.54, 1.807) is 12.4 Å². The summed E-state index contributed by atoms with van der Waals surface area (Å²) in [5.74, 6) is 0.233. The van der Waals surface area contributed by atoms with Crippen LogP contribution in [-0.4, -0.2) is 20.0 Å². The zero-order valence-electron chi connectivity index (χ0n) is 10.6. The van der Waals surface area contributed by atoms with Gasteiger partial charge in [-0.25, -0.2) is 8.42 Å². The zero-order chi connectivity index (χ0) is 15.5. The van der Waals surface area contributed by atoms with E-state index in [9.17, 15) is 8.42 Å². The number of rotatable bonds is 5. The Morgan fingerprint density at radius 2 is 1.67 bits per heavy atom. The Bertz CT molecular complexity index is 713. The average Bonchev–Trinajstić information content (AvgIpc) is 2.42. The van der Waals surface area contributed by atoms with Gasteiger partial charge in [0.1, 0.15) is 0 Å². The van der Waals surface area contributed by atoms with Crippen molar-refractivity contribution in [1.82, 2.24) is 4.98 Å². The molecule has 1 aromatic carbocycles. The molecule has 1 aromatic heterocycles. The lowest BCUT2D eigenvalue weighted by Crippen LogP contribution is -2.03. The van der Waals surface area contributed by atoms with Crippen LogP contribution in [0.2, 0.25) is 10.0 Å². The molecule has 4 nitrogen and oxygen atoms in total. The highest BCUT2D eigenvalue weighted by atomic mass is 35.7. The molecule has 1 heterocycles. The second-order valence-corrected chi connectivity index (χ2v) is 7.49. The largest absolute Gasteiger partial charge is 0.490 e. The summed E-state index contributed by atoms with van der Waals surface area (Å²) in [5, 5.41) is 0.188. The van der Waals surface area contributed by atoms with E-state index < -0.39 is 9.05 Å². The van der Waals surface area contributed by atoms with Crippen LogP contribution in [0.25, 0.3) is 0 Å². The van der Waals surface area contributed by atoms with Gasteiger partial charge < -0.3 is 4.74 Å². The van der Waals surface area contributed by atoms with Crippen LogP contribution in [0.5, 0.6) is 5.75 Å². The Labute approximate surface area is 137 Å². The highest BCUT2D eigenvalue weighted by molar-refractivity contribution is 8.13. The molecule has 0 aliphatic rings. The molecule has 112 valence electrons. The molecule has 0 atom stereocenters. The van der Waals surface area contributed by atoms with Crippen molar-refractivity contribution in [2.24, 2.45) is 0 Å². The summed E-state index contributed by atoms with van der Waals surface area (Å²) in [4.78, 5) is 3.75. The first-order valence-corrected chi connectivity index (χ1v) is 8.90. The number of halogens is 3. The highest BCUT2D eigenvalue weighted by Crippen LogP contribution is 2.36. The molecule has 0 unspecified atom stereocenters. The van der Waals surface area contributed by atoms with Gasteiger partial charge in [-0.3, -0.25) is 4.98 Å². The molecule has 2 aromatic rings. The SMILES string of the molecule is O=S(=O)(Cl)c1cc(Cl)c(OCCc2ccncc2)c(Cl)c1. The fourth-order valence-corrected chi connectivity index (χ4v) is 3.15. The Morgan fingerprint density at radius 3 is 2.19 bits per heavy atom. The number of hydrogen-bond donors (Lipinski definition) is 0. The number of hydrogen-bond acceptors (Lipinski definition) is 4. The molecule has 0 fully saturated rings. The quantitative estimate of drug-likeness (QED) is 0.752. The van der Waals surface area contributed by atoms with Gasteiger partial charge in [0.05, 0.1) is 21.5 Å². The van der Waals surface area contributed by atoms with E-state index in [1.165, 1.54) is 12.1 Å². The molecule has 0 aliphatic heterocycles. The van der Waals surface area contributed by atoms with Crippen molar-refractivity contribution >= 4 is 42.9 Å². The molecule has 0 amide bonds. The predicted octanol–water partition coefficient (Wildman–Crippen LogP) is 3.94. The van der Waals surface area contributed by atoms with Crippen LogP contribution in [-0.2, 0) is 15.5 Å². The third kappa shape index (κ3) is 4.48. The van der Waals surface area contributed by atoms with Gasteiger partial charge in [0, 0.05) is 29.5 Å². The lowest BCUT2D eigenvalue weighted by atomic mass is 10.2. The maximum absolute atomic E-state index is 11.2. The molecule has 8 heteroatoms. The topological polar surface area (TPSA) is 56.3 Å². The summed E-state index contributed by atoms with van der Waals surface area (Å²) in [7, 11) is 1.36. The van der Waals surface area contributed by atoms with Crippen molar-refractivity contribution in [1.29, 1.82) is 0 Å². The van der Waals surface area contributed by atoms with Crippen LogP contribution in [0.1, 0.15) is 5.56 Å². The standard InChI is InChI=1S/C13H10Cl3NO3S/c14-11-7-10(21(16,18)19)8-12(15)13(11)20-6-3-9-1-4-17-5-2-9/h1-2,4-5,7-8H,3,6H2. The maximum Gasteiger partial charge on any atom is 0.261 e. The Kier molecular flexibility index (Phi) is 5.32. The van der Waals surface area contributed by atoms with Crippen molar-refractivity contribution in [3.8, 4) is 5.75 Å². The molecule has 0 aliphatic carbocycles. The molecular weight excluding hydrogens is 357 g/mol. The molecule has 0 saturated heterocycles. The Morgan fingerprint density at radius 1 is 1.10 bits per heavy atom. The van der Waals surface area contributed by atoms with E-state index in [1.807, 2.05) is 12.1 Å². The van der Waals surface area contributed by atoms with E-state index in [4.69, 9.17) is 38.6 Å². The fourth-order valence-electron chi connectivity index (χ4n) is 1.64. The minimum absolute atomic E-state index is 0.0939. The summed E-state index contributed by atoms with van der Waals surface area (Å²) in [6.07, 6.45) is 4.02. The van der Waals surface area contributed by atoms with Crippen LogP contribution in [0, 0.1) is 0 Å². The van der Waals surface area contributed by atoms with Gasteiger partial charge in [0.2, 0.25) is 0 Å². The molecule has 0 N–H and O–H groups in total. The molecule has 0 radical (unpaired) electrons. The third-order valence-corrected chi connectivity index (χ3v) is 4.53. The minimum Gasteiger partial charge on any atom is -0.490 e. The Balaban J connectivity index is 2.11. The predicted molar refractivity (Wildman–Crippen MR) is 82.9 cm³/mol. The van der Waals surface area contributed by atoms with Crippen molar-refractivity contribution in [2.45, 2.75) is 11.3 Å². The minimum atomic E-state index is -3.89. The molecule has 2 rings (SSSR count). The smallest absolute Gasteiger partial charge is 0.261 e. The van der Waals surface area contributed by atoms with E-state index in [0.717, 1.165) is 5.56 Å². The Hall–Kier alpha value is -1.01. The summed E-state index contributed by atoms with van der Waals surface area (Å²) in [6.45, 7) is 0.344. The van der Waals surface area contributed by atoms with Crippen LogP contribution < -0.4 is 4.74 Å². The van der Waals surface area contributed by atoms with Gasteiger partial charge in [0.15, 0.2) is 5.75 Å².